The van der Waals surface area contributed by atoms with Gasteiger partial charge in [-0.2, -0.15) is 4.31 Å². The number of likely N-dealkylation sites (tertiary alicyclic amines) is 1. The highest BCUT2D eigenvalue weighted by Gasteiger charge is 2.41. The summed E-state index contributed by atoms with van der Waals surface area (Å²) in [6.07, 6.45) is 4.17. The number of hydrogen-bond donors (Lipinski definition) is 1. The number of sulfonamides is 1. The van der Waals surface area contributed by atoms with Gasteiger partial charge < -0.3 is 10.6 Å². The average Bonchev–Trinajstić information content (AvgIpc) is 2.48. The summed E-state index contributed by atoms with van der Waals surface area (Å²) >= 11 is 5.91. The Hall–Kier alpha value is -0.890. The minimum absolute atomic E-state index is 0.0134. The Morgan fingerprint density at radius 3 is 2.91 bits per heavy atom. The summed E-state index contributed by atoms with van der Waals surface area (Å²) in [5.74, 6) is 0.398. The van der Waals surface area contributed by atoms with Crippen LogP contribution in [0.5, 0.6) is 0 Å². The van der Waals surface area contributed by atoms with Crippen LogP contribution in [0.3, 0.4) is 0 Å². The monoisotopic (exact) mass is 344 g/mol. The lowest BCUT2D eigenvalue weighted by Gasteiger charge is -2.45. The molecule has 2 aliphatic heterocycles. The van der Waals surface area contributed by atoms with Gasteiger partial charge in [-0.1, -0.05) is 11.6 Å². The third kappa shape index (κ3) is 2.82. The maximum absolute atomic E-state index is 13.0. The van der Waals surface area contributed by atoms with Crippen LogP contribution >= 0.6 is 11.6 Å². The number of aromatic nitrogens is 1. The van der Waals surface area contributed by atoms with E-state index in [4.69, 9.17) is 17.3 Å². The summed E-state index contributed by atoms with van der Waals surface area (Å²) in [5, 5.41) is 0.282. The second kappa shape index (κ2) is 5.96. The zero-order valence-corrected chi connectivity index (χ0v) is 14.1. The minimum Gasteiger partial charge on any atom is -0.383 e. The zero-order valence-electron chi connectivity index (χ0n) is 12.6. The standard InChI is InChI=1S/C14H21ClN4O2S/c1-18-6-4-12-10(9-18)3-2-5-19(12)22(20,21)13-7-11(15)8-17-14(13)16/h7-8,10,12H,2-6,9H2,1H3,(H2,16,17). The molecule has 2 atom stereocenters. The molecule has 2 N–H and O–H groups in total. The summed E-state index contributed by atoms with van der Waals surface area (Å²) < 4.78 is 27.7. The number of hydrogen-bond acceptors (Lipinski definition) is 5. The van der Waals surface area contributed by atoms with E-state index < -0.39 is 10.0 Å². The average molecular weight is 345 g/mol. The van der Waals surface area contributed by atoms with Crippen molar-refractivity contribution in [1.82, 2.24) is 14.2 Å². The third-order valence-electron chi connectivity index (χ3n) is 4.66. The van der Waals surface area contributed by atoms with Crippen molar-refractivity contribution in [1.29, 1.82) is 0 Å². The van der Waals surface area contributed by atoms with Gasteiger partial charge in [0.25, 0.3) is 0 Å². The van der Waals surface area contributed by atoms with Gasteiger partial charge in [-0.25, -0.2) is 13.4 Å². The first-order chi connectivity index (χ1) is 10.4. The van der Waals surface area contributed by atoms with E-state index in [0.29, 0.717) is 12.5 Å². The quantitative estimate of drug-likeness (QED) is 0.877. The lowest BCUT2D eigenvalue weighted by molar-refractivity contribution is 0.0820. The zero-order chi connectivity index (χ0) is 15.9. The molecule has 0 aromatic carbocycles. The van der Waals surface area contributed by atoms with Gasteiger partial charge >= 0.3 is 0 Å². The van der Waals surface area contributed by atoms with Crippen LogP contribution < -0.4 is 5.73 Å². The number of halogens is 1. The maximum atomic E-state index is 13.0. The van der Waals surface area contributed by atoms with E-state index in [0.717, 1.165) is 32.4 Å². The van der Waals surface area contributed by atoms with Gasteiger partial charge in [-0.3, -0.25) is 0 Å². The molecule has 8 heteroatoms. The van der Waals surface area contributed by atoms with Gasteiger partial charge in [0.2, 0.25) is 10.0 Å². The van der Waals surface area contributed by atoms with Crippen LogP contribution in [-0.4, -0.2) is 55.3 Å². The topological polar surface area (TPSA) is 79.5 Å². The highest BCUT2D eigenvalue weighted by atomic mass is 35.5. The van der Waals surface area contributed by atoms with Gasteiger partial charge in [0.1, 0.15) is 10.7 Å². The number of nitrogen functional groups attached to an aromatic ring is 1. The maximum Gasteiger partial charge on any atom is 0.247 e. The Balaban J connectivity index is 1.96. The lowest BCUT2D eigenvalue weighted by Crippen LogP contribution is -2.54. The molecule has 2 fully saturated rings. The van der Waals surface area contributed by atoms with Gasteiger partial charge in [0, 0.05) is 25.3 Å². The Morgan fingerprint density at radius 1 is 1.36 bits per heavy atom. The molecule has 3 heterocycles. The van der Waals surface area contributed by atoms with Crippen LogP contribution in [0, 0.1) is 5.92 Å². The number of rotatable bonds is 2. The third-order valence-corrected chi connectivity index (χ3v) is 6.82. The van der Waals surface area contributed by atoms with Crippen LogP contribution in [0.1, 0.15) is 19.3 Å². The summed E-state index contributed by atoms with van der Waals surface area (Å²) in [4.78, 5) is 6.19. The molecule has 0 saturated carbocycles. The molecular formula is C14H21ClN4O2S. The molecule has 2 unspecified atom stereocenters. The second-order valence-electron chi connectivity index (χ2n) is 6.17. The van der Waals surface area contributed by atoms with Crippen molar-refractivity contribution in [2.45, 2.75) is 30.2 Å². The molecule has 3 rings (SSSR count). The van der Waals surface area contributed by atoms with Crippen molar-refractivity contribution in [2.75, 3.05) is 32.4 Å². The molecular weight excluding hydrogens is 324 g/mol. The number of pyridine rings is 1. The fourth-order valence-corrected chi connectivity index (χ4v) is 5.67. The van der Waals surface area contributed by atoms with Crippen LogP contribution in [-0.2, 0) is 10.0 Å². The number of anilines is 1. The normalized spacial score (nSPS) is 27.5. The smallest absolute Gasteiger partial charge is 0.247 e. The summed E-state index contributed by atoms with van der Waals surface area (Å²) in [5.41, 5.74) is 5.79. The SMILES string of the molecule is CN1CCC2C(CCCN2S(=O)(=O)c2cc(Cl)cnc2N)C1. The number of nitrogens with two attached hydrogens (primary N) is 1. The van der Waals surface area contributed by atoms with E-state index in [1.807, 2.05) is 0 Å². The summed E-state index contributed by atoms with van der Waals surface area (Å²) in [7, 11) is -1.57. The Kier molecular flexibility index (Phi) is 4.33. The van der Waals surface area contributed by atoms with Crippen molar-refractivity contribution in [3.05, 3.63) is 17.3 Å². The van der Waals surface area contributed by atoms with E-state index in [1.54, 1.807) is 4.31 Å². The van der Waals surface area contributed by atoms with Crippen LogP contribution in [0.25, 0.3) is 0 Å². The Labute approximate surface area is 136 Å². The predicted octanol–water partition coefficient (Wildman–Crippen LogP) is 1.42. The summed E-state index contributed by atoms with van der Waals surface area (Å²) in [6.45, 7) is 2.40. The van der Waals surface area contributed by atoms with Gasteiger partial charge in [0.15, 0.2) is 0 Å². The second-order valence-corrected chi connectivity index (χ2v) is 8.47. The number of fused-ring (bicyclic) bond motifs is 1. The van der Waals surface area contributed by atoms with Crippen molar-refractivity contribution in [2.24, 2.45) is 5.92 Å². The Bertz CT molecular complexity index is 667. The molecule has 2 saturated heterocycles. The molecule has 1 aromatic heterocycles. The molecule has 1 aromatic rings. The first-order valence-corrected chi connectivity index (χ1v) is 9.33. The molecule has 0 spiro atoms. The van der Waals surface area contributed by atoms with E-state index in [-0.39, 0.29) is 21.8 Å². The van der Waals surface area contributed by atoms with E-state index in [2.05, 4.69) is 16.9 Å². The van der Waals surface area contributed by atoms with Crippen molar-refractivity contribution in [3.63, 3.8) is 0 Å². The fourth-order valence-electron chi connectivity index (χ4n) is 3.60. The molecule has 0 bridgehead atoms. The van der Waals surface area contributed by atoms with Crippen LogP contribution in [0.15, 0.2) is 17.2 Å². The van der Waals surface area contributed by atoms with Gasteiger partial charge in [0.05, 0.1) is 5.02 Å². The van der Waals surface area contributed by atoms with E-state index in [1.165, 1.54) is 12.3 Å². The molecule has 0 radical (unpaired) electrons. The number of piperidine rings is 2. The molecule has 0 amide bonds. The number of nitrogens with zero attached hydrogens (tertiary/aromatic N) is 3. The Morgan fingerprint density at radius 2 is 2.14 bits per heavy atom. The lowest BCUT2D eigenvalue weighted by atomic mass is 9.85. The van der Waals surface area contributed by atoms with Crippen molar-refractivity contribution < 1.29 is 8.42 Å². The van der Waals surface area contributed by atoms with Crippen molar-refractivity contribution >= 4 is 27.4 Å². The predicted molar refractivity (Wildman–Crippen MR) is 86.2 cm³/mol. The molecule has 2 aliphatic rings. The van der Waals surface area contributed by atoms with Gasteiger partial charge in [-0.05, 0) is 44.8 Å². The first-order valence-electron chi connectivity index (χ1n) is 7.51. The first kappa shape index (κ1) is 16.0. The highest BCUT2D eigenvalue weighted by Crippen LogP contribution is 2.35. The largest absolute Gasteiger partial charge is 0.383 e. The molecule has 6 nitrogen and oxygen atoms in total. The van der Waals surface area contributed by atoms with Crippen LogP contribution in [0.2, 0.25) is 5.02 Å². The molecule has 122 valence electrons. The summed E-state index contributed by atoms with van der Waals surface area (Å²) in [6, 6.07) is 1.45. The van der Waals surface area contributed by atoms with Crippen molar-refractivity contribution in [3.8, 4) is 0 Å². The fraction of sp³-hybridized carbons (Fsp3) is 0.643. The highest BCUT2D eigenvalue weighted by molar-refractivity contribution is 7.89. The molecule has 22 heavy (non-hydrogen) atoms. The molecule has 0 aliphatic carbocycles. The van der Waals surface area contributed by atoms with Gasteiger partial charge in [-0.15, -0.1) is 0 Å². The van der Waals surface area contributed by atoms with E-state index >= 15 is 0 Å². The van der Waals surface area contributed by atoms with E-state index in [9.17, 15) is 8.42 Å². The minimum atomic E-state index is -3.66. The van der Waals surface area contributed by atoms with Crippen LogP contribution in [0.4, 0.5) is 5.82 Å².